The number of nitrogens with zero attached hydrogens (tertiary/aromatic N) is 2. The third kappa shape index (κ3) is 4.71. The van der Waals surface area contributed by atoms with Crippen LogP contribution in [0.25, 0.3) is 0 Å². The second-order valence-electron chi connectivity index (χ2n) is 7.41. The van der Waals surface area contributed by atoms with Crippen molar-refractivity contribution >= 4 is 38.4 Å². The third-order valence-corrected chi connectivity index (χ3v) is 8.38. The first-order chi connectivity index (χ1) is 13.3. The molecule has 2 fully saturated rings. The van der Waals surface area contributed by atoms with Crippen molar-refractivity contribution in [2.75, 3.05) is 23.0 Å². The first kappa shape index (κ1) is 21.2. The van der Waals surface area contributed by atoms with Gasteiger partial charge in [-0.25, -0.2) is 8.42 Å². The molecule has 0 spiro atoms. The number of amidine groups is 1. The van der Waals surface area contributed by atoms with Crippen molar-refractivity contribution in [2.45, 2.75) is 51.3 Å². The zero-order chi connectivity index (χ0) is 20.3. The van der Waals surface area contributed by atoms with E-state index in [1.807, 2.05) is 43.0 Å². The number of unbranched alkanes of at least 4 members (excludes halogenated alkanes) is 1. The fourth-order valence-corrected chi connectivity index (χ4v) is 7.22. The number of benzene rings is 1. The zero-order valence-corrected chi connectivity index (χ0v) is 18.3. The van der Waals surface area contributed by atoms with Gasteiger partial charge in [0.05, 0.1) is 24.2 Å². The average molecular weight is 425 g/mol. The first-order valence-corrected chi connectivity index (χ1v) is 12.6. The second kappa shape index (κ2) is 8.86. The maximum absolute atomic E-state index is 12.4. The van der Waals surface area contributed by atoms with Crippen LogP contribution in [-0.4, -0.2) is 48.9 Å². The van der Waals surface area contributed by atoms with E-state index < -0.39 is 9.84 Å². The van der Waals surface area contributed by atoms with E-state index in [-0.39, 0.29) is 34.6 Å². The topological polar surface area (TPSA) is 76.0 Å². The molecule has 0 radical (unpaired) electrons. The number of ether oxygens (including phenoxy) is 1. The molecule has 3 rings (SSSR count). The lowest BCUT2D eigenvalue weighted by Gasteiger charge is -2.25. The Hall–Kier alpha value is -1.54. The standard InChI is InChI=1S/C20H28N2O4S2/c1-4-6-10-26-16-9-7-8-15(11-16)22-17-12-28(24,25)13-18(17)27-20(22)21-19(23)14(3)5-2/h7-9,11,14,17-18H,4-6,10,12-13H2,1-3H3/t14-,17+,18+/m1/s1. The largest absolute Gasteiger partial charge is 0.494 e. The number of carbonyl (C=O) groups is 1. The van der Waals surface area contributed by atoms with Gasteiger partial charge in [-0.3, -0.25) is 4.79 Å². The Morgan fingerprint density at radius 3 is 2.86 bits per heavy atom. The SMILES string of the molecule is CCCCOc1cccc(N2C(=NC(=O)[C@H](C)CC)S[C@H]3CS(=O)(=O)C[C@@H]32)c1. The average Bonchev–Trinajstić information content (AvgIpc) is 3.12. The number of amides is 1. The predicted octanol–water partition coefficient (Wildman–Crippen LogP) is 3.51. The van der Waals surface area contributed by atoms with Gasteiger partial charge in [-0.1, -0.05) is 45.0 Å². The van der Waals surface area contributed by atoms with E-state index in [2.05, 4.69) is 11.9 Å². The maximum atomic E-state index is 12.4. The number of fused-ring (bicyclic) bond motifs is 1. The van der Waals surface area contributed by atoms with Crippen molar-refractivity contribution < 1.29 is 17.9 Å². The predicted molar refractivity (Wildman–Crippen MR) is 115 cm³/mol. The van der Waals surface area contributed by atoms with Crippen LogP contribution in [0.3, 0.4) is 0 Å². The lowest BCUT2D eigenvalue weighted by molar-refractivity contribution is -0.121. The zero-order valence-electron chi connectivity index (χ0n) is 16.6. The summed E-state index contributed by atoms with van der Waals surface area (Å²) >= 11 is 1.41. The molecule has 0 N–H and O–H groups in total. The third-order valence-electron chi connectivity index (χ3n) is 5.17. The molecule has 2 aliphatic heterocycles. The molecule has 0 aliphatic carbocycles. The molecule has 2 aliphatic rings. The van der Waals surface area contributed by atoms with Gasteiger partial charge >= 0.3 is 0 Å². The summed E-state index contributed by atoms with van der Waals surface area (Å²) in [5, 5.41) is 0.499. The number of aliphatic imine (C=N–C) groups is 1. The van der Waals surface area contributed by atoms with Gasteiger partial charge in [0.25, 0.3) is 5.91 Å². The van der Waals surface area contributed by atoms with Crippen LogP contribution < -0.4 is 9.64 Å². The van der Waals surface area contributed by atoms with E-state index in [9.17, 15) is 13.2 Å². The van der Waals surface area contributed by atoms with Crippen molar-refractivity contribution in [2.24, 2.45) is 10.9 Å². The molecule has 154 valence electrons. The van der Waals surface area contributed by atoms with Gasteiger partial charge in [0.1, 0.15) is 5.75 Å². The molecular weight excluding hydrogens is 396 g/mol. The molecule has 2 saturated heterocycles. The van der Waals surface area contributed by atoms with Gasteiger partial charge in [0, 0.05) is 22.9 Å². The Bertz CT molecular complexity index is 854. The number of carbonyl (C=O) groups excluding carboxylic acids is 1. The van der Waals surface area contributed by atoms with Crippen molar-refractivity contribution in [3.63, 3.8) is 0 Å². The van der Waals surface area contributed by atoms with Gasteiger partial charge in [-0.05, 0) is 25.0 Å². The van der Waals surface area contributed by atoms with E-state index >= 15 is 0 Å². The minimum absolute atomic E-state index is 0.0854. The van der Waals surface area contributed by atoms with Crippen LogP contribution in [0.2, 0.25) is 0 Å². The Morgan fingerprint density at radius 1 is 1.36 bits per heavy atom. The fourth-order valence-electron chi connectivity index (χ4n) is 3.30. The van der Waals surface area contributed by atoms with E-state index in [1.54, 1.807) is 0 Å². The Balaban J connectivity index is 1.92. The number of thioether (sulfide) groups is 1. The summed E-state index contributed by atoms with van der Waals surface area (Å²) in [6.07, 6.45) is 2.75. The molecule has 0 unspecified atom stereocenters. The number of sulfone groups is 1. The molecule has 1 aromatic carbocycles. The van der Waals surface area contributed by atoms with E-state index in [4.69, 9.17) is 4.74 Å². The molecule has 1 aromatic rings. The molecule has 0 saturated carbocycles. The Morgan fingerprint density at radius 2 is 2.14 bits per heavy atom. The monoisotopic (exact) mass is 424 g/mol. The Kier molecular flexibility index (Phi) is 6.70. The highest BCUT2D eigenvalue weighted by atomic mass is 32.2. The minimum atomic E-state index is -3.08. The molecule has 28 heavy (non-hydrogen) atoms. The fraction of sp³-hybridized carbons (Fsp3) is 0.600. The molecule has 2 heterocycles. The van der Waals surface area contributed by atoms with E-state index in [0.717, 1.165) is 30.7 Å². The second-order valence-corrected chi connectivity index (χ2v) is 10.8. The van der Waals surface area contributed by atoms with Gasteiger partial charge in [-0.15, -0.1) is 0 Å². The van der Waals surface area contributed by atoms with Gasteiger partial charge in [0.2, 0.25) is 0 Å². The van der Waals surface area contributed by atoms with Gasteiger partial charge in [-0.2, -0.15) is 4.99 Å². The normalized spacial score (nSPS) is 25.7. The van der Waals surface area contributed by atoms with E-state index in [0.29, 0.717) is 11.8 Å². The number of hydrogen-bond donors (Lipinski definition) is 0. The lowest BCUT2D eigenvalue weighted by Crippen LogP contribution is -2.37. The van der Waals surface area contributed by atoms with Crippen LogP contribution in [0.4, 0.5) is 5.69 Å². The summed E-state index contributed by atoms with van der Waals surface area (Å²) in [6, 6.07) is 7.42. The van der Waals surface area contributed by atoms with Gasteiger partial charge < -0.3 is 9.64 Å². The summed E-state index contributed by atoms with van der Waals surface area (Å²) in [6.45, 7) is 6.58. The molecule has 0 aromatic heterocycles. The summed E-state index contributed by atoms with van der Waals surface area (Å²) in [5.41, 5.74) is 0.821. The van der Waals surface area contributed by atoms with Crippen LogP contribution in [0.15, 0.2) is 29.3 Å². The first-order valence-electron chi connectivity index (χ1n) is 9.86. The Labute approximate surface area is 171 Å². The highest BCUT2D eigenvalue weighted by Gasteiger charge is 2.49. The summed E-state index contributed by atoms with van der Waals surface area (Å²) in [5.74, 6) is 0.647. The molecular formula is C20H28N2O4S2. The lowest BCUT2D eigenvalue weighted by atomic mass is 10.1. The van der Waals surface area contributed by atoms with Crippen molar-refractivity contribution in [1.29, 1.82) is 0 Å². The smallest absolute Gasteiger partial charge is 0.250 e. The van der Waals surface area contributed by atoms with Crippen LogP contribution in [0, 0.1) is 5.92 Å². The molecule has 1 amide bonds. The number of anilines is 1. The van der Waals surface area contributed by atoms with Gasteiger partial charge in [0.15, 0.2) is 15.0 Å². The van der Waals surface area contributed by atoms with Crippen molar-refractivity contribution in [3.05, 3.63) is 24.3 Å². The maximum Gasteiger partial charge on any atom is 0.250 e. The quantitative estimate of drug-likeness (QED) is 0.624. The van der Waals surface area contributed by atoms with Crippen LogP contribution >= 0.6 is 11.8 Å². The number of hydrogen-bond acceptors (Lipinski definition) is 5. The number of rotatable bonds is 7. The van der Waals surface area contributed by atoms with Crippen LogP contribution in [0.1, 0.15) is 40.0 Å². The molecule has 6 nitrogen and oxygen atoms in total. The minimum Gasteiger partial charge on any atom is -0.494 e. The van der Waals surface area contributed by atoms with Crippen molar-refractivity contribution in [1.82, 2.24) is 0 Å². The summed E-state index contributed by atoms with van der Waals surface area (Å²) < 4.78 is 30.2. The molecule has 0 bridgehead atoms. The highest BCUT2D eigenvalue weighted by molar-refractivity contribution is 8.16. The van der Waals surface area contributed by atoms with Crippen molar-refractivity contribution in [3.8, 4) is 5.75 Å². The van der Waals surface area contributed by atoms with Crippen LogP contribution in [0.5, 0.6) is 5.75 Å². The van der Waals surface area contributed by atoms with E-state index in [1.165, 1.54) is 11.8 Å². The summed E-state index contributed by atoms with van der Waals surface area (Å²) in [4.78, 5) is 18.7. The molecule has 3 atom stereocenters. The molecule has 8 heteroatoms. The summed E-state index contributed by atoms with van der Waals surface area (Å²) in [7, 11) is -3.08. The highest BCUT2D eigenvalue weighted by Crippen LogP contribution is 2.41. The van der Waals surface area contributed by atoms with Crippen LogP contribution in [-0.2, 0) is 14.6 Å².